The third-order valence-corrected chi connectivity index (χ3v) is 5.25. The highest BCUT2D eigenvalue weighted by molar-refractivity contribution is 7.89. The van der Waals surface area contributed by atoms with Gasteiger partial charge in [-0.2, -0.15) is 4.31 Å². The summed E-state index contributed by atoms with van der Waals surface area (Å²) in [5, 5.41) is 9.38. The summed E-state index contributed by atoms with van der Waals surface area (Å²) in [7, 11) is -3.66. The molecule has 120 valence electrons. The lowest BCUT2D eigenvalue weighted by Gasteiger charge is -2.26. The van der Waals surface area contributed by atoms with Gasteiger partial charge < -0.3 is 5.11 Å². The second kappa shape index (κ2) is 7.58. The molecule has 0 amide bonds. The Hall–Kier alpha value is -0.620. The molecule has 4 nitrogen and oxygen atoms in total. The van der Waals surface area contributed by atoms with E-state index in [2.05, 4.69) is 0 Å². The van der Waals surface area contributed by atoms with Crippen molar-refractivity contribution in [2.75, 3.05) is 13.1 Å². The first-order valence-corrected chi connectivity index (χ1v) is 8.89. The summed E-state index contributed by atoms with van der Waals surface area (Å²) >= 11 is 6.07. The molecule has 0 aliphatic rings. The van der Waals surface area contributed by atoms with E-state index in [0.29, 0.717) is 18.7 Å². The zero-order valence-electron chi connectivity index (χ0n) is 13.0. The van der Waals surface area contributed by atoms with Gasteiger partial charge in [-0.25, -0.2) is 8.42 Å². The van der Waals surface area contributed by atoms with E-state index in [-0.39, 0.29) is 28.4 Å². The van der Waals surface area contributed by atoms with Crippen LogP contribution in [-0.4, -0.2) is 30.9 Å². The molecule has 0 aliphatic carbocycles. The number of hydrogen-bond donors (Lipinski definition) is 1. The summed E-state index contributed by atoms with van der Waals surface area (Å²) in [6.45, 7) is 8.60. The lowest BCUT2D eigenvalue weighted by atomic mass is 10.2. The predicted molar refractivity (Wildman–Crippen MR) is 85.8 cm³/mol. The van der Waals surface area contributed by atoms with Gasteiger partial charge in [-0.15, -0.1) is 0 Å². The van der Waals surface area contributed by atoms with Gasteiger partial charge in [-0.05, 0) is 29.5 Å². The van der Waals surface area contributed by atoms with Crippen LogP contribution >= 0.6 is 11.6 Å². The summed E-state index contributed by atoms with van der Waals surface area (Å²) in [5.41, 5.74) is 0.534. The second-order valence-electron chi connectivity index (χ2n) is 6.03. The summed E-state index contributed by atoms with van der Waals surface area (Å²) < 4.78 is 27.2. The average Bonchev–Trinajstić information content (AvgIpc) is 2.37. The number of aliphatic hydroxyl groups excluding tert-OH is 1. The van der Waals surface area contributed by atoms with Crippen LogP contribution in [-0.2, 0) is 16.6 Å². The molecule has 1 aromatic rings. The van der Waals surface area contributed by atoms with Gasteiger partial charge in [-0.3, -0.25) is 0 Å². The Morgan fingerprint density at radius 3 is 2.10 bits per heavy atom. The van der Waals surface area contributed by atoms with Crippen molar-refractivity contribution in [3.05, 3.63) is 28.8 Å². The number of nitrogens with zero attached hydrogens (tertiary/aromatic N) is 1. The molecular formula is C15H24ClNO3S. The summed E-state index contributed by atoms with van der Waals surface area (Å²) in [6, 6.07) is 4.59. The van der Waals surface area contributed by atoms with Gasteiger partial charge in [-0.1, -0.05) is 45.4 Å². The molecule has 1 N–H and O–H groups in total. The molecule has 0 fully saturated rings. The highest BCUT2D eigenvalue weighted by Crippen LogP contribution is 2.27. The van der Waals surface area contributed by atoms with E-state index in [1.165, 1.54) is 16.4 Å². The number of hydrogen-bond acceptors (Lipinski definition) is 3. The Morgan fingerprint density at radius 2 is 1.67 bits per heavy atom. The van der Waals surface area contributed by atoms with E-state index >= 15 is 0 Å². The van der Waals surface area contributed by atoms with Crippen molar-refractivity contribution in [3.8, 4) is 0 Å². The zero-order chi connectivity index (χ0) is 16.2. The van der Waals surface area contributed by atoms with Crippen LogP contribution in [0.3, 0.4) is 0 Å². The van der Waals surface area contributed by atoms with Crippen LogP contribution < -0.4 is 0 Å². The molecule has 1 aromatic carbocycles. The van der Waals surface area contributed by atoms with Crippen molar-refractivity contribution in [1.29, 1.82) is 0 Å². The van der Waals surface area contributed by atoms with Crippen LogP contribution in [0, 0.1) is 11.8 Å². The average molecular weight is 334 g/mol. The molecule has 0 atom stereocenters. The van der Waals surface area contributed by atoms with E-state index < -0.39 is 10.0 Å². The minimum Gasteiger partial charge on any atom is -0.392 e. The number of aliphatic hydroxyl groups is 1. The fourth-order valence-electron chi connectivity index (χ4n) is 2.07. The fourth-order valence-corrected chi connectivity index (χ4v) is 4.36. The molecule has 0 radical (unpaired) electrons. The van der Waals surface area contributed by atoms with E-state index in [1.807, 2.05) is 27.7 Å². The van der Waals surface area contributed by atoms with Crippen molar-refractivity contribution in [1.82, 2.24) is 4.31 Å². The van der Waals surface area contributed by atoms with Crippen LogP contribution in [0.4, 0.5) is 0 Å². The van der Waals surface area contributed by atoms with E-state index in [0.717, 1.165) is 0 Å². The molecule has 0 bridgehead atoms. The second-order valence-corrected chi connectivity index (χ2v) is 8.35. The largest absolute Gasteiger partial charge is 0.392 e. The molecule has 0 heterocycles. The van der Waals surface area contributed by atoms with Gasteiger partial charge in [0.05, 0.1) is 11.6 Å². The van der Waals surface area contributed by atoms with Gasteiger partial charge >= 0.3 is 0 Å². The number of sulfonamides is 1. The Kier molecular flexibility index (Phi) is 6.66. The van der Waals surface area contributed by atoms with Crippen LogP contribution in [0.25, 0.3) is 0 Å². The summed E-state index contributed by atoms with van der Waals surface area (Å²) in [6.07, 6.45) is 0. The normalized spacial score (nSPS) is 12.6. The first-order chi connectivity index (χ1) is 9.68. The SMILES string of the molecule is CC(C)CN(CC(C)C)S(=O)(=O)c1cc(CO)ccc1Cl. The van der Waals surface area contributed by atoms with Gasteiger partial charge in [0.2, 0.25) is 10.0 Å². The van der Waals surface area contributed by atoms with E-state index in [9.17, 15) is 13.5 Å². The molecule has 0 aromatic heterocycles. The standard InChI is InChI=1S/C15H24ClNO3S/c1-11(2)8-17(9-12(3)4)21(19,20)15-7-13(10-18)5-6-14(15)16/h5-7,11-12,18H,8-10H2,1-4H3. The fraction of sp³-hybridized carbons (Fsp3) is 0.600. The lowest BCUT2D eigenvalue weighted by Crippen LogP contribution is -2.37. The maximum Gasteiger partial charge on any atom is 0.244 e. The molecular weight excluding hydrogens is 310 g/mol. The molecule has 0 unspecified atom stereocenters. The van der Waals surface area contributed by atoms with Gasteiger partial charge in [0.1, 0.15) is 4.90 Å². The molecule has 0 aliphatic heterocycles. The molecule has 0 saturated heterocycles. The zero-order valence-corrected chi connectivity index (χ0v) is 14.6. The van der Waals surface area contributed by atoms with Crippen molar-refractivity contribution < 1.29 is 13.5 Å². The topological polar surface area (TPSA) is 57.6 Å². The van der Waals surface area contributed by atoms with E-state index in [4.69, 9.17) is 11.6 Å². The Labute approximate surface area is 132 Å². The summed E-state index contributed by atoms with van der Waals surface area (Å²) in [5.74, 6) is 0.441. The Morgan fingerprint density at radius 1 is 1.14 bits per heavy atom. The van der Waals surface area contributed by atoms with Crippen LogP contribution in [0.15, 0.2) is 23.1 Å². The predicted octanol–water partition coefficient (Wildman–Crippen LogP) is 3.14. The van der Waals surface area contributed by atoms with Gasteiger partial charge in [0, 0.05) is 13.1 Å². The monoisotopic (exact) mass is 333 g/mol. The van der Waals surface area contributed by atoms with Gasteiger partial charge in [0.15, 0.2) is 0 Å². The van der Waals surface area contributed by atoms with Crippen molar-refractivity contribution in [2.24, 2.45) is 11.8 Å². The number of halogens is 1. The smallest absolute Gasteiger partial charge is 0.244 e. The van der Waals surface area contributed by atoms with Crippen molar-refractivity contribution >= 4 is 21.6 Å². The Balaban J connectivity index is 3.27. The van der Waals surface area contributed by atoms with E-state index in [1.54, 1.807) is 6.07 Å². The summed E-state index contributed by atoms with van der Waals surface area (Å²) in [4.78, 5) is 0.0667. The minimum atomic E-state index is -3.66. The molecule has 0 saturated carbocycles. The number of benzene rings is 1. The molecule has 0 spiro atoms. The third-order valence-electron chi connectivity index (χ3n) is 2.93. The first kappa shape index (κ1) is 18.4. The maximum atomic E-state index is 12.9. The number of rotatable bonds is 7. The molecule has 6 heteroatoms. The van der Waals surface area contributed by atoms with Gasteiger partial charge in [0.25, 0.3) is 0 Å². The van der Waals surface area contributed by atoms with Crippen LogP contribution in [0.5, 0.6) is 0 Å². The highest BCUT2D eigenvalue weighted by atomic mass is 35.5. The van der Waals surface area contributed by atoms with Crippen LogP contribution in [0.1, 0.15) is 33.3 Å². The lowest BCUT2D eigenvalue weighted by molar-refractivity contribution is 0.281. The molecule has 21 heavy (non-hydrogen) atoms. The first-order valence-electron chi connectivity index (χ1n) is 7.08. The minimum absolute atomic E-state index is 0.0667. The maximum absolute atomic E-state index is 12.9. The quantitative estimate of drug-likeness (QED) is 0.834. The molecule has 1 rings (SSSR count). The van der Waals surface area contributed by atoms with Crippen molar-refractivity contribution in [2.45, 2.75) is 39.2 Å². The third kappa shape index (κ3) is 4.95. The van der Waals surface area contributed by atoms with Crippen molar-refractivity contribution in [3.63, 3.8) is 0 Å². The highest BCUT2D eigenvalue weighted by Gasteiger charge is 2.28. The Bertz CT molecular complexity index is 560. The van der Waals surface area contributed by atoms with Crippen LogP contribution in [0.2, 0.25) is 5.02 Å².